The van der Waals surface area contributed by atoms with Gasteiger partial charge < -0.3 is 29.3 Å². The highest BCUT2D eigenvalue weighted by Crippen LogP contribution is 2.68. The standard InChI is InChI=1S/C46H61NO8/c1-28(2)14-12-15-30(5)17-19-33-38(48)34(18-16-29(3)4)41-37(39(33)49)40(50)35-26-32-27-36-44(7,8)55-45(42(32)51,46(35,36)54-41)21-20-31(6)43(52)53-25-13-24-47-22-10-9-11-23-47/h14,16-17,20,26,32,36,48-49H,9-13,15,18-19,21-25,27H2,1-8H3/b30-17+,31-20-/t32-,36-,45+,46-/m0/s1. The topological polar surface area (TPSA) is 123 Å². The zero-order valence-electron chi connectivity index (χ0n) is 34.2. The van der Waals surface area contributed by atoms with E-state index in [9.17, 15) is 24.6 Å². The molecule has 0 radical (unpaired) electrons. The van der Waals surface area contributed by atoms with Crippen LogP contribution in [-0.2, 0) is 31.9 Å². The van der Waals surface area contributed by atoms with Crippen LogP contribution in [-0.4, -0.2) is 75.7 Å². The van der Waals surface area contributed by atoms with E-state index in [0.717, 1.165) is 50.0 Å². The second-order valence-electron chi connectivity index (χ2n) is 17.4. The number of rotatable bonds is 14. The number of phenols is 2. The van der Waals surface area contributed by atoms with Gasteiger partial charge in [-0.05, 0) is 120 Å². The molecule has 2 saturated heterocycles. The number of nitrogens with zero attached hydrogens (tertiary/aromatic N) is 1. The van der Waals surface area contributed by atoms with Crippen molar-refractivity contribution in [1.82, 2.24) is 4.90 Å². The first-order valence-electron chi connectivity index (χ1n) is 20.3. The molecule has 2 N–H and O–H groups in total. The number of Topliss-reactive ketones (excluding diaryl/α,β-unsaturated/α-hetero) is 2. The molecule has 1 aromatic carbocycles. The average molecular weight is 756 g/mol. The van der Waals surface area contributed by atoms with Crippen molar-refractivity contribution in [3.63, 3.8) is 0 Å². The maximum absolute atomic E-state index is 15.0. The molecule has 1 saturated carbocycles. The summed E-state index contributed by atoms with van der Waals surface area (Å²) in [4.78, 5) is 45.1. The molecular weight excluding hydrogens is 695 g/mol. The van der Waals surface area contributed by atoms with E-state index in [2.05, 4.69) is 24.8 Å². The number of aromatic hydroxyl groups is 2. The summed E-state index contributed by atoms with van der Waals surface area (Å²) in [5, 5.41) is 23.8. The lowest BCUT2D eigenvalue weighted by molar-refractivity contribution is -0.171. The van der Waals surface area contributed by atoms with Crippen molar-refractivity contribution in [3.8, 4) is 17.2 Å². The monoisotopic (exact) mass is 755 g/mol. The number of ether oxygens (including phenoxy) is 3. The Labute approximate surface area is 327 Å². The molecule has 1 aromatic rings. The fourth-order valence-electron chi connectivity index (χ4n) is 9.55. The fraction of sp³-hybridized carbons (Fsp3) is 0.587. The van der Waals surface area contributed by atoms with E-state index in [1.54, 1.807) is 19.1 Å². The first-order chi connectivity index (χ1) is 26.0. The molecule has 3 heterocycles. The first kappa shape index (κ1) is 40.7. The molecule has 1 spiro atoms. The third-order valence-electron chi connectivity index (χ3n) is 12.5. The van der Waals surface area contributed by atoms with Crippen LogP contribution >= 0.6 is 0 Å². The largest absolute Gasteiger partial charge is 0.507 e. The van der Waals surface area contributed by atoms with E-state index in [-0.39, 0.29) is 53.4 Å². The van der Waals surface area contributed by atoms with Crippen LogP contribution in [0.15, 0.2) is 58.2 Å². The Morgan fingerprint density at radius 3 is 2.31 bits per heavy atom. The molecule has 3 fully saturated rings. The molecule has 3 aliphatic carbocycles. The second-order valence-corrected chi connectivity index (χ2v) is 17.4. The van der Waals surface area contributed by atoms with Gasteiger partial charge in [0.1, 0.15) is 22.8 Å². The van der Waals surface area contributed by atoms with Crippen LogP contribution in [0.2, 0.25) is 0 Å². The summed E-state index contributed by atoms with van der Waals surface area (Å²) in [6.45, 7) is 18.9. The van der Waals surface area contributed by atoms with Crippen LogP contribution in [0.1, 0.15) is 128 Å². The summed E-state index contributed by atoms with van der Waals surface area (Å²) >= 11 is 0. The highest BCUT2D eigenvalue weighted by Gasteiger charge is 2.81. The Hall–Kier alpha value is -3.95. The molecule has 9 heteroatoms. The summed E-state index contributed by atoms with van der Waals surface area (Å²) in [7, 11) is 0. The van der Waals surface area contributed by atoms with Crippen LogP contribution in [0.3, 0.4) is 0 Å². The van der Waals surface area contributed by atoms with Crippen molar-refractivity contribution < 1.29 is 38.8 Å². The molecular formula is C46H61NO8. The van der Waals surface area contributed by atoms with E-state index in [4.69, 9.17) is 14.2 Å². The van der Waals surface area contributed by atoms with Gasteiger partial charge in [-0.3, -0.25) is 9.59 Å². The quantitative estimate of drug-likeness (QED) is 0.0832. The van der Waals surface area contributed by atoms with E-state index in [0.29, 0.717) is 29.7 Å². The van der Waals surface area contributed by atoms with Gasteiger partial charge in [-0.2, -0.15) is 0 Å². The Kier molecular flexibility index (Phi) is 11.8. The number of fused-ring (bicyclic) bond motifs is 1. The normalized spacial score (nSPS) is 26.9. The molecule has 4 bridgehead atoms. The Bertz CT molecular complexity index is 1880. The van der Waals surface area contributed by atoms with Gasteiger partial charge in [0.05, 0.1) is 12.2 Å². The maximum Gasteiger partial charge on any atom is 0.333 e. The van der Waals surface area contributed by atoms with Crippen molar-refractivity contribution in [2.24, 2.45) is 11.8 Å². The SMILES string of the molecule is CC(C)=CCC/C(C)=C/Cc1c(O)c(CC=C(C)C)c2c(c1O)C(=O)C1=C[C@H]3C[C@H]4C(C)(C)O[C@](C/C=C(/C)C(=O)OCCCN5CCCCC5)(C3=O)[C@]14O2. The van der Waals surface area contributed by atoms with Crippen LogP contribution < -0.4 is 4.74 Å². The smallest absolute Gasteiger partial charge is 0.333 e. The molecule has 4 atom stereocenters. The number of allylic oxidation sites excluding steroid dienone is 7. The third kappa shape index (κ3) is 7.39. The fourth-order valence-corrected chi connectivity index (χ4v) is 9.55. The maximum atomic E-state index is 15.0. The molecule has 0 amide bonds. The number of carbonyl (C=O) groups is 3. The number of phenolic OH excluding ortho intramolecular Hbond substituents is 2. The number of likely N-dealkylation sites (tertiary alicyclic amines) is 1. The van der Waals surface area contributed by atoms with E-state index < -0.39 is 40.4 Å². The van der Waals surface area contributed by atoms with Gasteiger partial charge in [0.2, 0.25) is 0 Å². The van der Waals surface area contributed by atoms with Gasteiger partial charge in [-0.15, -0.1) is 0 Å². The van der Waals surface area contributed by atoms with Crippen LogP contribution in [0.4, 0.5) is 0 Å². The molecule has 55 heavy (non-hydrogen) atoms. The van der Waals surface area contributed by atoms with Crippen LogP contribution in [0, 0.1) is 11.8 Å². The summed E-state index contributed by atoms with van der Waals surface area (Å²) in [5.74, 6) is -2.43. The Morgan fingerprint density at radius 2 is 1.62 bits per heavy atom. The van der Waals surface area contributed by atoms with Gasteiger partial charge in [-0.25, -0.2) is 4.79 Å². The zero-order chi connectivity index (χ0) is 39.9. The minimum atomic E-state index is -1.62. The number of hydrogen-bond acceptors (Lipinski definition) is 9. The molecule has 0 unspecified atom stereocenters. The Morgan fingerprint density at radius 1 is 0.927 bits per heavy atom. The van der Waals surface area contributed by atoms with E-state index in [1.807, 2.05) is 46.8 Å². The van der Waals surface area contributed by atoms with Gasteiger partial charge >= 0.3 is 5.97 Å². The first-order valence-corrected chi connectivity index (χ1v) is 20.3. The van der Waals surface area contributed by atoms with E-state index >= 15 is 0 Å². The summed E-state index contributed by atoms with van der Waals surface area (Å²) in [6, 6.07) is 0. The zero-order valence-corrected chi connectivity index (χ0v) is 34.2. The second kappa shape index (κ2) is 15.9. The average Bonchev–Trinajstić information content (AvgIpc) is 3.29. The molecule has 9 nitrogen and oxygen atoms in total. The summed E-state index contributed by atoms with van der Waals surface area (Å²) in [6.07, 6.45) is 16.6. The number of benzene rings is 1. The van der Waals surface area contributed by atoms with Gasteiger partial charge in [0.15, 0.2) is 22.8 Å². The molecule has 298 valence electrons. The van der Waals surface area contributed by atoms with Crippen molar-refractivity contribution >= 4 is 17.5 Å². The predicted molar refractivity (Wildman–Crippen MR) is 214 cm³/mol. The highest BCUT2D eigenvalue weighted by atomic mass is 16.6. The highest BCUT2D eigenvalue weighted by molar-refractivity contribution is 6.18. The number of ketones is 2. The van der Waals surface area contributed by atoms with E-state index in [1.165, 1.54) is 24.8 Å². The molecule has 0 aromatic heterocycles. The molecule has 3 aliphatic heterocycles. The van der Waals surface area contributed by atoms with Crippen molar-refractivity contribution in [3.05, 3.63) is 74.9 Å². The number of esters is 1. The summed E-state index contributed by atoms with van der Waals surface area (Å²) in [5.41, 5.74) is 0.623. The van der Waals surface area contributed by atoms with Crippen LogP contribution in [0.5, 0.6) is 17.2 Å². The third-order valence-corrected chi connectivity index (χ3v) is 12.5. The number of carbonyl (C=O) groups excluding carboxylic acids is 3. The Balaban J connectivity index is 1.36. The number of hydrogen-bond donors (Lipinski definition) is 2. The van der Waals surface area contributed by atoms with Gasteiger partial charge in [0.25, 0.3) is 0 Å². The lowest BCUT2D eigenvalue weighted by Crippen LogP contribution is -2.72. The van der Waals surface area contributed by atoms with Gasteiger partial charge in [-0.1, -0.05) is 53.5 Å². The lowest BCUT2D eigenvalue weighted by Gasteiger charge is -2.56. The minimum absolute atomic E-state index is 0.00429. The van der Waals surface area contributed by atoms with Crippen LogP contribution in [0.25, 0.3) is 0 Å². The molecule has 7 rings (SSSR count). The lowest BCUT2D eigenvalue weighted by atomic mass is 9.51. The van der Waals surface area contributed by atoms with Gasteiger partial charge in [0, 0.05) is 47.1 Å². The molecule has 6 aliphatic rings. The van der Waals surface area contributed by atoms with Crippen molar-refractivity contribution in [2.45, 2.75) is 136 Å². The number of piperidine rings is 1. The van der Waals surface area contributed by atoms with Crippen molar-refractivity contribution in [1.29, 1.82) is 0 Å². The predicted octanol–water partition coefficient (Wildman–Crippen LogP) is 8.60. The summed E-state index contributed by atoms with van der Waals surface area (Å²) < 4.78 is 19.6. The van der Waals surface area contributed by atoms with Crippen molar-refractivity contribution in [2.75, 3.05) is 26.2 Å². The minimum Gasteiger partial charge on any atom is -0.507 e.